The number of thiophene rings is 1. The van der Waals surface area contributed by atoms with Crippen molar-refractivity contribution in [3.63, 3.8) is 0 Å². The molecule has 0 radical (unpaired) electrons. The van der Waals surface area contributed by atoms with E-state index in [1.165, 1.54) is 25.7 Å². The number of carbonyl (C=O) groups is 2. The third-order valence-electron chi connectivity index (χ3n) is 6.76. The number of carbonyl (C=O) groups excluding carboxylic acids is 2. The van der Waals surface area contributed by atoms with Gasteiger partial charge in [-0.05, 0) is 43.0 Å². The molecule has 2 unspecified atom stereocenters. The van der Waals surface area contributed by atoms with Gasteiger partial charge in [-0.1, -0.05) is 25.7 Å². The average Bonchev–Trinajstić information content (AvgIpc) is 3.41. The van der Waals surface area contributed by atoms with Crippen molar-refractivity contribution in [3.8, 4) is 0 Å². The number of hydrogen-bond donors (Lipinski definition) is 0. The minimum Gasteiger partial charge on any atom is -0.368 e. The predicted molar refractivity (Wildman–Crippen MR) is 103 cm³/mol. The average molecular weight is 376 g/mol. The highest BCUT2D eigenvalue weighted by Gasteiger charge is 2.47. The summed E-state index contributed by atoms with van der Waals surface area (Å²) in [7, 11) is 0. The summed E-state index contributed by atoms with van der Waals surface area (Å²) in [5.74, 6) is 1.54. The molecule has 142 valence electrons. The Kier molecular flexibility index (Phi) is 5.58. The van der Waals surface area contributed by atoms with Crippen LogP contribution in [0.25, 0.3) is 0 Å². The van der Waals surface area contributed by atoms with Gasteiger partial charge in [0.2, 0.25) is 0 Å². The number of ketones is 2. The van der Waals surface area contributed by atoms with Crippen LogP contribution in [0.2, 0.25) is 0 Å². The topological polar surface area (TPSA) is 46.6 Å². The molecule has 1 aromatic rings. The van der Waals surface area contributed by atoms with Crippen molar-refractivity contribution in [1.82, 2.24) is 4.90 Å². The molecule has 0 aromatic carbocycles. The summed E-state index contributed by atoms with van der Waals surface area (Å²) in [6, 6.07) is 2.11. The van der Waals surface area contributed by atoms with Crippen LogP contribution in [0.4, 0.5) is 0 Å². The molecule has 0 N–H and O–H groups in total. The van der Waals surface area contributed by atoms with E-state index in [-0.39, 0.29) is 36.4 Å². The van der Waals surface area contributed by atoms with Gasteiger partial charge in [-0.25, -0.2) is 0 Å². The fraction of sp³-hybridized carbons (Fsp3) is 0.714. The van der Waals surface area contributed by atoms with Gasteiger partial charge < -0.3 is 4.74 Å². The highest BCUT2D eigenvalue weighted by atomic mass is 32.1. The van der Waals surface area contributed by atoms with Gasteiger partial charge in [-0.15, -0.1) is 0 Å². The predicted octanol–water partition coefficient (Wildman–Crippen LogP) is 3.95. The Bertz CT molecular complexity index is 638. The first kappa shape index (κ1) is 18.3. The third kappa shape index (κ3) is 3.67. The molecular formula is C21H29NO3S. The first-order valence-electron chi connectivity index (χ1n) is 10.1. The summed E-state index contributed by atoms with van der Waals surface area (Å²) in [4.78, 5) is 27.5. The second-order valence-corrected chi connectivity index (χ2v) is 9.09. The van der Waals surface area contributed by atoms with Crippen LogP contribution in [0.15, 0.2) is 16.8 Å². The molecule has 4 rings (SSSR count). The summed E-state index contributed by atoms with van der Waals surface area (Å²) in [5.41, 5.74) is 0.846. The van der Waals surface area contributed by atoms with Gasteiger partial charge in [-0.2, -0.15) is 11.3 Å². The van der Waals surface area contributed by atoms with Crippen molar-refractivity contribution in [2.75, 3.05) is 13.2 Å². The zero-order valence-corrected chi connectivity index (χ0v) is 16.4. The van der Waals surface area contributed by atoms with E-state index in [1.54, 1.807) is 11.3 Å². The highest BCUT2D eigenvalue weighted by Crippen LogP contribution is 2.37. The molecule has 2 aliphatic heterocycles. The van der Waals surface area contributed by atoms with Crippen LogP contribution in [0, 0.1) is 11.8 Å². The molecule has 3 heterocycles. The minimum atomic E-state index is -0.0765. The second kappa shape index (κ2) is 7.91. The maximum atomic E-state index is 12.8. The number of hydrogen-bond acceptors (Lipinski definition) is 5. The molecule has 4 nitrogen and oxygen atoms in total. The van der Waals surface area contributed by atoms with Crippen LogP contribution < -0.4 is 0 Å². The molecule has 3 fully saturated rings. The lowest BCUT2D eigenvalue weighted by Crippen LogP contribution is -2.47. The van der Waals surface area contributed by atoms with Crippen LogP contribution in [0.5, 0.6) is 0 Å². The van der Waals surface area contributed by atoms with Gasteiger partial charge in [0, 0.05) is 30.0 Å². The molecule has 4 atom stereocenters. The molecule has 1 saturated carbocycles. The maximum absolute atomic E-state index is 12.8. The lowest BCUT2D eigenvalue weighted by Gasteiger charge is -2.35. The van der Waals surface area contributed by atoms with Gasteiger partial charge >= 0.3 is 0 Å². The maximum Gasteiger partial charge on any atom is 0.178 e. The van der Waals surface area contributed by atoms with Gasteiger partial charge in [0.15, 0.2) is 11.6 Å². The normalized spacial score (nSPS) is 29.2. The Morgan fingerprint density at radius 3 is 2.88 bits per heavy atom. The number of nitrogens with zero attached hydrogens (tertiary/aromatic N) is 1. The number of fused-ring (bicyclic) bond motifs is 1. The van der Waals surface area contributed by atoms with Crippen LogP contribution in [0.1, 0.15) is 62.2 Å². The van der Waals surface area contributed by atoms with E-state index in [1.807, 2.05) is 16.8 Å². The van der Waals surface area contributed by atoms with Gasteiger partial charge in [-0.3, -0.25) is 14.5 Å². The first-order valence-corrected chi connectivity index (χ1v) is 11.0. The lowest BCUT2D eigenvalue weighted by atomic mass is 9.83. The number of likely N-dealkylation sites (tertiary alicyclic amines) is 1. The Balaban J connectivity index is 1.49. The van der Waals surface area contributed by atoms with Gasteiger partial charge in [0.25, 0.3) is 0 Å². The number of ether oxygens (including phenoxy) is 1. The molecule has 1 aromatic heterocycles. The van der Waals surface area contributed by atoms with E-state index in [0.29, 0.717) is 12.3 Å². The molecule has 1 aliphatic carbocycles. The summed E-state index contributed by atoms with van der Waals surface area (Å²) in [6.07, 6.45) is 7.96. The standard InChI is InChI=1S/C21H29NO3S/c1-14(22-8-6-20-21(22)19(24)12-25-20)17(10-15-4-2-3-5-15)11-18(23)16-7-9-26-13-16/h7,9,13-15,17,20-21H,2-6,8,10-12H2,1H3/t14?,17-,20?,21-/m1/s1. The SMILES string of the molecule is CC([C@@H](CC(=O)c1ccsc1)CC1CCCC1)N1CCC2OCC(=O)[C@H]21. The zero-order valence-electron chi connectivity index (χ0n) is 15.6. The molecule has 3 aliphatic rings. The number of rotatable bonds is 7. The van der Waals surface area contributed by atoms with Crippen molar-refractivity contribution in [2.45, 2.75) is 70.1 Å². The van der Waals surface area contributed by atoms with Crippen molar-refractivity contribution in [2.24, 2.45) is 11.8 Å². The van der Waals surface area contributed by atoms with Crippen LogP contribution in [-0.2, 0) is 9.53 Å². The molecule has 26 heavy (non-hydrogen) atoms. The lowest BCUT2D eigenvalue weighted by molar-refractivity contribution is -0.122. The molecule has 0 amide bonds. The zero-order chi connectivity index (χ0) is 18.1. The first-order chi connectivity index (χ1) is 12.6. The van der Waals surface area contributed by atoms with Crippen molar-refractivity contribution in [1.29, 1.82) is 0 Å². The third-order valence-corrected chi connectivity index (χ3v) is 7.44. The smallest absolute Gasteiger partial charge is 0.178 e. The molecule has 0 bridgehead atoms. The van der Waals surface area contributed by atoms with E-state index in [2.05, 4.69) is 11.8 Å². The van der Waals surface area contributed by atoms with Crippen LogP contribution in [0.3, 0.4) is 0 Å². The van der Waals surface area contributed by atoms with Crippen molar-refractivity contribution in [3.05, 3.63) is 22.4 Å². The quantitative estimate of drug-likeness (QED) is 0.677. The van der Waals surface area contributed by atoms with E-state index < -0.39 is 0 Å². The summed E-state index contributed by atoms with van der Waals surface area (Å²) >= 11 is 1.58. The minimum absolute atomic E-state index is 0.0738. The van der Waals surface area contributed by atoms with E-state index in [9.17, 15) is 9.59 Å². The summed E-state index contributed by atoms with van der Waals surface area (Å²) in [6.45, 7) is 3.41. The monoisotopic (exact) mass is 375 g/mol. The Morgan fingerprint density at radius 2 is 2.15 bits per heavy atom. The fourth-order valence-electron chi connectivity index (χ4n) is 5.26. The largest absolute Gasteiger partial charge is 0.368 e. The number of Topliss-reactive ketones (excluding diaryl/α,β-unsaturated/α-hetero) is 2. The van der Waals surface area contributed by atoms with Gasteiger partial charge in [0.05, 0.1) is 12.1 Å². The summed E-state index contributed by atoms with van der Waals surface area (Å²) in [5, 5.41) is 3.93. The fourth-order valence-corrected chi connectivity index (χ4v) is 5.92. The molecule has 5 heteroatoms. The molecule has 0 spiro atoms. The Hall–Kier alpha value is -1.04. The van der Waals surface area contributed by atoms with Crippen LogP contribution >= 0.6 is 11.3 Å². The van der Waals surface area contributed by atoms with Gasteiger partial charge in [0.1, 0.15) is 6.61 Å². The van der Waals surface area contributed by atoms with Crippen LogP contribution in [-0.4, -0.2) is 47.8 Å². The van der Waals surface area contributed by atoms with Crippen molar-refractivity contribution < 1.29 is 14.3 Å². The van der Waals surface area contributed by atoms with E-state index >= 15 is 0 Å². The Morgan fingerprint density at radius 1 is 1.35 bits per heavy atom. The highest BCUT2D eigenvalue weighted by molar-refractivity contribution is 7.08. The van der Waals surface area contributed by atoms with Crippen molar-refractivity contribution >= 4 is 22.9 Å². The van der Waals surface area contributed by atoms with E-state index in [0.717, 1.165) is 30.9 Å². The second-order valence-electron chi connectivity index (χ2n) is 8.31. The Labute approximate surface area is 159 Å². The van der Waals surface area contributed by atoms with E-state index in [4.69, 9.17) is 4.74 Å². The molecule has 2 saturated heterocycles. The summed E-state index contributed by atoms with van der Waals surface area (Å²) < 4.78 is 5.67. The molecular weight excluding hydrogens is 346 g/mol.